The lowest BCUT2D eigenvalue weighted by atomic mass is 10.1. The summed E-state index contributed by atoms with van der Waals surface area (Å²) in [6.07, 6.45) is 0.314. The largest absolute Gasteiger partial charge is 0.360 e. The van der Waals surface area contributed by atoms with Crippen LogP contribution in [0.1, 0.15) is 6.42 Å². The third-order valence-corrected chi connectivity index (χ3v) is 5.18. The van der Waals surface area contributed by atoms with Crippen LogP contribution in [0.4, 0.5) is 11.4 Å². The van der Waals surface area contributed by atoms with Gasteiger partial charge in [0.1, 0.15) is 0 Å². The number of carbonyl (C=O) groups is 2. The number of quaternary nitrogens is 1. The van der Waals surface area contributed by atoms with E-state index in [-0.39, 0.29) is 17.9 Å². The maximum absolute atomic E-state index is 12.8. The number of benzene rings is 2. The highest BCUT2D eigenvalue weighted by Gasteiger charge is 2.46. The molecule has 1 atom stereocenters. The molecule has 2 aliphatic rings. The molecule has 128 valence electrons. The third-order valence-electron chi connectivity index (χ3n) is 5.18. The summed E-state index contributed by atoms with van der Waals surface area (Å²) in [6.45, 7) is 3.56. The summed E-state index contributed by atoms with van der Waals surface area (Å²) in [5.41, 5.74) is 1.91. The normalized spacial score (nSPS) is 21.8. The van der Waals surface area contributed by atoms with Crippen molar-refractivity contribution in [2.24, 2.45) is 0 Å². The molecule has 2 fully saturated rings. The summed E-state index contributed by atoms with van der Waals surface area (Å²) >= 11 is 0. The Hall–Kier alpha value is -2.66. The molecule has 0 aromatic heterocycles. The molecule has 0 unspecified atom stereocenters. The molecule has 2 heterocycles. The molecule has 0 radical (unpaired) electrons. The summed E-state index contributed by atoms with van der Waals surface area (Å²) < 4.78 is 0. The van der Waals surface area contributed by atoms with Crippen molar-refractivity contribution in [3.8, 4) is 0 Å². The first-order chi connectivity index (χ1) is 12.2. The summed E-state index contributed by atoms with van der Waals surface area (Å²) in [5.74, 6) is -0.140. The number of imide groups is 1. The average molecular weight is 336 g/mol. The van der Waals surface area contributed by atoms with Gasteiger partial charge in [-0.1, -0.05) is 36.4 Å². The Balaban J connectivity index is 1.44. The van der Waals surface area contributed by atoms with Crippen LogP contribution in [0.3, 0.4) is 0 Å². The topological polar surface area (TPSA) is 45.1 Å². The Morgan fingerprint density at radius 3 is 1.96 bits per heavy atom. The molecule has 25 heavy (non-hydrogen) atoms. The number of nitrogens with zero attached hydrogens (tertiary/aromatic N) is 2. The second-order valence-electron chi connectivity index (χ2n) is 6.64. The lowest BCUT2D eigenvalue weighted by Crippen LogP contribution is -3.19. The van der Waals surface area contributed by atoms with E-state index >= 15 is 0 Å². The van der Waals surface area contributed by atoms with Crippen molar-refractivity contribution < 1.29 is 14.5 Å². The number of carbonyl (C=O) groups excluding carboxylic acids is 2. The SMILES string of the molecule is O=C1C[C@H]([NH+]2CCN(c3ccccc3)CC2)C(=O)N1c1ccccc1. The number of piperazine rings is 1. The van der Waals surface area contributed by atoms with Crippen molar-refractivity contribution in [1.82, 2.24) is 0 Å². The molecule has 2 amide bonds. The number of para-hydroxylation sites is 2. The van der Waals surface area contributed by atoms with Crippen molar-refractivity contribution in [2.45, 2.75) is 12.5 Å². The Kier molecular flexibility index (Phi) is 4.24. The summed E-state index contributed by atoms with van der Waals surface area (Å²) in [5, 5.41) is 0. The summed E-state index contributed by atoms with van der Waals surface area (Å²) in [6, 6.07) is 19.3. The molecule has 2 aromatic carbocycles. The van der Waals surface area contributed by atoms with E-state index in [4.69, 9.17) is 0 Å². The lowest BCUT2D eigenvalue weighted by Gasteiger charge is -2.35. The van der Waals surface area contributed by atoms with E-state index in [1.807, 2.05) is 48.5 Å². The minimum absolute atomic E-state index is 0.0561. The predicted molar refractivity (Wildman–Crippen MR) is 96.7 cm³/mol. The van der Waals surface area contributed by atoms with Crippen molar-refractivity contribution in [2.75, 3.05) is 36.0 Å². The number of amides is 2. The zero-order chi connectivity index (χ0) is 17.2. The van der Waals surface area contributed by atoms with E-state index in [9.17, 15) is 9.59 Å². The Morgan fingerprint density at radius 2 is 1.36 bits per heavy atom. The van der Waals surface area contributed by atoms with E-state index < -0.39 is 0 Å². The van der Waals surface area contributed by atoms with Crippen molar-refractivity contribution >= 4 is 23.2 Å². The van der Waals surface area contributed by atoms with Gasteiger partial charge in [0.25, 0.3) is 5.91 Å². The summed E-state index contributed by atoms with van der Waals surface area (Å²) in [7, 11) is 0. The van der Waals surface area contributed by atoms with Crippen molar-refractivity contribution in [3.63, 3.8) is 0 Å². The first kappa shape index (κ1) is 15.8. The van der Waals surface area contributed by atoms with Crippen LogP contribution in [0.25, 0.3) is 0 Å². The van der Waals surface area contributed by atoms with Crippen LogP contribution in [-0.4, -0.2) is 44.0 Å². The van der Waals surface area contributed by atoms with Crippen molar-refractivity contribution in [3.05, 3.63) is 60.7 Å². The van der Waals surface area contributed by atoms with Gasteiger partial charge in [-0.25, -0.2) is 4.90 Å². The van der Waals surface area contributed by atoms with Gasteiger partial charge in [0.05, 0.1) is 38.3 Å². The molecule has 5 nitrogen and oxygen atoms in total. The molecule has 2 aliphatic heterocycles. The second kappa shape index (κ2) is 6.69. The standard InChI is InChI=1S/C20H21N3O2/c24-19-15-18(20(25)23(19)17-9-5-2-6-10-17)22-13-11-21(12-14-22)16-7-3-1-4-8-16/h1-10,18H,11-15H2/p+1/t18-/m0/s1. The van der Waals surface area contributed by atoms with Crippen LogP contribution < -0.4 is 14.7 Å². The molecule has 2 aromatic rings. The van der Waals surface area contributed by atoms with Crippen LogP contribution in [0.2, 0.25) is 0 Å². The molecular formula is C20H22N3O2+. The number of hydrogen-bond donors (Lipinski definition) is 1. The molecule has 0 aliphatic carbocycles. The van der Waals surface area contributed by atoms with Gasteiger partial charge in [0.2, 0.25) is 5.91 Å². The fourth-order valence-corrected chi connectivity index (χ4v) is 3.84. The van der Waals surface area contributed by atoms with Crippen molar-refractivity contribution in [1.29, 1.82) is 0 Å². The zero-order valence-corrected chi connectivity index (χ0v) is 14.1. The van der Waals surface area contributed by atoms with E-state index in [2.05, 4.69) is 17.0 Å². The molecule has 1 N–H and O–H groups in total. The van der Waals surface area contributed by atoms with Gasteiger partial charge in [-0.15, -0.1) is 0 Å². The van der Waals surface area contributed by atoms with Gasteiger partial charge in [0.15, 0.2) is 6.04 Å². The van der Waals surface area contributed by atoms with Gasteiger partial charge in [-0.05, 0) is 24.3 Å². The molecular weight excluding hydrogens is 314 g/mol. The fraction of sp³-hybridized carbons (Fsp3) is 0.300. The minimum Gasteiger partial charge on any atom is -0.360 e. The van der Waals surface area contributed by atoms with Gasteiger partial charge >= 0.3 is 0 Å². The highest BCUT2D eigenvalue weighted by Crippen LogP contribution is 2.21. The Morgan fingerprint density at radius 1 is 0.800 bits per heavy atom. The minimum atomic E-state index is -0.245. The maximum atomic E-state index is 12.8. The smallest absolute Gasteiger partial charge is 0.292 e. The van der Waals surface area contributed by atoms with Gasteiger partial charge in [-0.3, -0.25) is 9.59 Å². The monoisotopic (exact) mass is 336 g/mol. The first-order valence-electron chi connectivity index (χ1n) is 8.80. The Labute approximate surface area is 147 Å². The van der Waals surface area contributed by atoms with Crippen LogP contribution in [0.15, 0.2) is 60.7 Å². The number of rotatable bonds is 3. The summed E-state index contributed by atoms with van der Waals surface area (Å²) in [4.78, 5) is 30.2. The number of anilines is 2. The predicted octanol–water partition coefficient (Wildman–Crippen LogP) is 0.724. The van der Waals surface area contributed by atoms with E-state index in [0.717, 1.165) is 26.2 Å². The second-order valence-corrected chi connectivity index (χ2v) is 6.64. The number of nitrogens with one attached hydrogen (secondary N) is 1. The molecule has 0 saturated carbocycles. The maximum Gasteiger partial charge on any atom is 0.292 e. The van der Waals surface area contributed by atoms with Crippen LogP contribution >= 0.6 is 0 Å². The highest BCUT2D eigenvalue weighted by molar-refractivity contribution is 6.21. The molecule has 0 bridgehead atoms. The van der Waals surface area contributed by atoms with Crippen LogP contribution in [0.5, 0.6) is 0 Å². The average Bonchev–Trinajstić information content (AvgIpc) is 2.97. The van der Waals surface area contributed by atoms with Crippen LogP contribution in [0, 0.1) is 0 Å². The fourth-order valence-electron chi connectivity index (χ4n) is 3.84. The van der Waals surface area contributed by atoms with Gasteiger partial charge in [0, 0.05) is 5.69 Å². The molecule has 4 rings (SSSR count). The lowest BCUT2D eigenvalue weighted by molar-refractivity contribution is -0.915. The highest BCUT2D eigenvalue weighted by atomic mass is 16.2. The first-order valence-corrected chi connectivity index (χ1v) is 8.80. The zero-order valence-electron chi connectivity index (χ0n) is 14.1. The van der Waals surface area contributed by atoms with E-state index in [1.165, 1.54) is 15.5 Å². The van der Waals surface area contributed by atoms with E-state index in [0.29, 0.717) is 12.1 Å². The number of hydrogen-bond acceptors (Lipinski definition) is 3. The van der Waals surface area contributed by atoms with Gasteiger partial charge in [-0.2, -0.15) is 0 Å². The molecule has 0 spiro atoms. The van der Waals surface area contributed by atoms with Crippen LogP contribution in [-0.2, 0) is 9.59 Å². The molecule has 2 saturated heterocycles. The van der Waals surface area contributed by atoms with Gasteiger partial charge < -0.3 is 9.80 Å². The van der Waals surface area contributed by atoms with E-state index in [1.54, 1.807) is 0 Å². The molecule has 5 heteroatoms. The third kappa shape index (κ3) is 3.03. The quantitative estimate of drug-likeness (QED) is 0.841. The Bertz CT molecular complexity index is 755.